The van der Waals surface area contributed by atoms with E-state index in [-0.39, 0.29) is 16.4 Å². The number of nitrogens with zero attached hydrogens (tertiary/aromatic N) is 2. The van der Waals surface area contributed by atoms with Gasteiger partial charge in [0.2, 0.25) is 0 Å². The topological polar surface area (TPSA) is 74.6 Å². The molecule has 6 nitrogen and oxygen atoms in total. The highest BCUT2D eigenvalue weighted by Crippen LogP contribution is 2.26. The molecule has 0 radical (unpaired) electrons. The molecule has 0 unspecified atom stereocenters. The summed E-state index contributed by atoms with van der Waals surface area (Å²) in [6, 6.07) is 17.6. The van der Waals surface area contributed by atoms with Crippen LogP contribution in [0, 0.1) is 6.92 Å². The van der Waals surface area contributed by atoms with E-state index in [9.17, 15) is 14.7 Å². The molecule has 0 aliphatic carbocycles. The average Bonchev–Trinajstić information content (AvgIpc) is 3.15. The zero-order valence-electron chi connectivity index (χ0n) is 15.5. The molecule has 1 saturated heterocycles. The lowest BCUT2D eigenvalue weighted by molar-refractivity contribution is -0.122. The Hall–Kier alpha value is -3.71. The molecule has 2 aromatic carbocycles. The quantitative estimate of drug-likeness (QED) is 0.400. The van der Waals surface area contributed by atoms with E-state index < -0.39 is 11.8 Å². The third-order valence-electron chi connectivity index (χ3n) is 4.66. The van der Waals surface area contributed by atoms with Crippen molar-refractivity contribution in [3.63, 3.8) is 0 Å². The van der Waals surface area contributed by atoms with Crippen molar-refractivity contribution in [3.05, 3.63) is 83.7 Å². The lowest BCUT2D eigenvalue weighted by Gasteiger charge is -2.30. The molecule has 2 amide bonds. The van der Waals surface area contributed by atoms with Gasteiger partial charge in [-0.2, -0.15) is 0 Å². The number of aromatic hydroxyl groups is 1. The van der Waals surface area contributed by atoms with Crippen molar-refractivity contribution in [3.8, 4) is 11.4 Å². The monoisotopic (exact) mass is 403 g/mol. The Morgan fingerprint density at radius 2 is 1.72 bits per heavy atom. The molecule has 1 aliphatic rings. The summed E-state index contributed by atoms with van der Waals surface area (Å²) in [6.45, 7) is 1.88. The molecule has 2 heterocycles. The van der Waals surface area contributed by atoms with Crippen LogP contribution in [0.4, 0.5) is 5.69 Å². The first kappa shape index (κ1) is 18.6. The van der Waals surface area contributed by atoms with E-state index in [0.717, 1.165) is 11.3 Å². The highest BCUT2D eigenvalue weighted by atomic mass is 32.1. The molecule has 144 valence electrons. The summed E-state index contributed by atoms with van der Waals surface area (Å²) in [5.74, 6) is -0.861. The predicted molar refractivity (Wildman–Crippen MR) is 115 cm³/mol. The van der Waals surface area contributed by atoms with Gasteiger partial charge in [0.1, 0.15) is 11.3 Å². The fourth-order valence-electron chi connectivity index (χ4n) is 3.20. The Balaban J connectivity index is 1.76. The van der Waals surface area contributed by atoms with Crippen molar-refractivity contribution in [1.82, 2.24) is 9.88 Å². The van der Waals surface area contributed by atoms with Crippen molar-refractivity contribution < 1.29 is 14.7 Å². The van der Waals surface area contributed by atoms with Gasteiger partial charge in [0.05, 0.1) is 5.69 Å². The van der Waals surface area contributed by atoms with Gasteiger partial charge in [-0.1, -0.05) is 18.2 Å². The average molecular weight is 403 g/mol. The molecular weight excluding hydrogens is 386 g/mol. The lowest BCUT2D eigenvalue weighted by atomic mass is 10.1. The summed E-state index contributed by atoms with van der Waals surface area (Å²) in [4.78, 5) is 27.1. The molecule has 1 aliphatic heterocycles. The third kappa shape index (κ3) is 3.43. The number of para-hydroxylation sites is 1. The summed E-state index contributed by atoms with van der Waals surface area (Å²) in [5, 5.41) is 12.2. The number of amides is 2. The summed E-state index contributed by atoms with van der Waals surface area (Å²) < 4.78 is 1.82. The first-order chi connectivity index (χ1) is 14.0. The maximum Gasteiger partial charge on any atom is 0.270 e. The number of nitrogens with one attached hydrogen (secondary N) is 1. The second-order valence-electron chi connectivity index (χ2n) is 6.56. The maximum atomic E-state index is 13.2. The molecule has 0 saturated carbocycles. The number of aromatic nitrogens is 1. The molecule has 1 fully saturated rings. The summed E-state index contributed by atoms with van der Waals surface area (Å²) in [7, 11) is 0. The molecule has 0 spiro atoms. The molecular formula is C22H17N3O3S. The van der Waals surface area contributed by atoms with E-state index in [1.54, 1.807) is 36.4 Å². The number of hydrogen-bond acceptors (Lipinski definition) is 4. The Labute approximate surface area is 172 Å². The van der Waals surface area contributed by atoms with Crippen LogP contribution in [0.2, 0.25) is 0 Å². The van der Waals surface area contributed by atoms with Gasteiger partial charge >= 0.3 is 0 Å². The van der Waals surface area contributed by atoms with Crippen LogP contribution < -0.4 is 10.2 Å². The van der Waals surface area contributed by atoms with Crippen LogP contribution in [-0.4, -0.2) is 26.6 Å². The van der Waals surface area contributed by atoms with Crippen molar-refractivity contribution in [2.75, 3.05) is 4.90 Å². The summed E-state index contributed by atoms with van der Waals surface area (Å²) >= 11 is 5.26. The molecule has 0 bridgehead atoms. The highest BCUT2D eigenvalue weighted by molar-refractivity contribution is 7.80. The summed E-state index contributed by atoms with van der Waals surface area (Å²) in [5.41, 5.74) is 2.91. The number of rotatable bonds is 3. The molecule has 4 rings (SSSR count). The van der Waals surface area contributed by atoms with Gasteiger partial charge in [0.25, 0.3) is 11.8 Å². The maximum absolute atomic E-state index is 13.2. The van der Waals surface area contributed by atoms with Crippen molar-refractivity contribution in [2.45, 2.75) is 6.92 Å². The largest absolute Gasteiger partial charge is 0.508 e. The minimum absolute atomic E-state index is 0.0134. The van der Waals surface area contributed by atoms with E-state index >= 15 is 0 Å². The Kier molecular flexibility index (Phi) is 4.74. The standard InChI is InChI=1S/C22H17N3O3S/c1-14-5-2-3-7-19(14)25-21(28)18(20(27)23-22(25)29)13-16-6-4-12-24(16)15-8-10-17(26)11-9-15/h2-13,26H,1H3,(H,23,27,29)/b18-13+. The Morgan fingerprint density at radius 1 is 1.00 bits per heavy atom. The lowest BCUT2D eigenvalue weighted by Crippen LogP contribution is -2.54. The molecule has 1 aromatic heterocycles. The van der Waals surface area contributed by atoms with Crippen molar-refractivity contribution in [2.24, 2.45) is 0 Å². The number of carbonyl (C=O) groups excluding carboxylic acids is 2. The van der Waals surface area contributed by atoms with Gasteiger partial charge in [-0.05, 0) is 73.2 Å². The Bertz CT molecular complexity index is 1160. The second-order valence-corrected chi connectivity index (χ2v) is 6.95. The molecule has 7 heteroatoms. The highest BCUT2D eigenvalue weighted by Gasteiger charge is 2.35. The van der Waals surface area contributed by atoms with E-state index in [2.05, 4.69) is 5.32 Å². The van der Waals surface area contributed by atoms with Crippen molar-refractivity contribution >= 4 is 40.9 Å². The molecule has 3 aromatic rings. The number of anilines is 1. The molecule has 29 heavy (non-hydrogen) atoms. The van der Waals surface area contributed by atoms with E-state index in [1.807, 2.05) is 42.0 Å². The van der Waals surface area contributed by atoms with Crippen LogP contribution in [-0.2, 0) is 9.59 Å². The minimum atomic E-state index is -0.539. The number of phenols is 1. The Morgan fingerprint density at radius 3 is 2.45 bits per heavy atom. The normalized spacial score (nSPS) is 15.7. The van der Waals surface area contributed by atoms with Crippen LogP contribution in [0.1, 0.15) is 11.3 Å². The predicted octanol–water partition coefficient (Wildman–Crippen LogP) is 3.32. The molecule has 2 N–H and O–H groups in total. The van der Waals surface area contributed by atoms with Gasteiger partial charge in [-0.15, -0.1) is 0 Å². The van der Waals surface area contributed by atoms with Gasteiger partial charge < -0.3 is 9.67 Å². The first-order valence-electron chi connectivity index (χ1n) is 8.89. The number of benzene rings is 2. The molecule has 0 atom stereocenters. The number of thiocarbonyl (C=S) groups is 1. The SMILES string of the molecule is Cc1ccccc1N1C(=O)/C(=C/c2cccn2-c2ccc(O)cc2)C(=O)NC1=S. The third-order valence-corrected chi connectivity index (χ3v) is 4.94. The number of hydrogen-bond donors (Lipinski definition) is 2. The fraction of sp³-hybridized carbons (Fsp3) is 0.0455. The zero-order chi connectivity index (χ0) is 20.5. The zero-order valence-corrected chi connectivity index (χ0v) is 16.3. The number of aryl methyl sites for hydroxylation is 1. The van der Waals surface area contributed by atoms with Crippen LogP contribution in [0.5, 0.6) is 5.75 Å². The van der Waals surface area contributed by atoms with Crippen LogP contribution in [0.15, 0.2) is 72.4 Å². The van der Waals surface area contributed by atoms with Crippen LogP contribution in [0.3, 0.4) is 0 Å². The smallest absolute Gasteiger partial charge is 0.270 e. The second kappa shape index (κ2) is 7.37. The fourth-order valence-corrected chi connectivity index (χ4v) is 3.47. The van der Waals surface area contributed by atoms with Gasteiger partial charge in [0.15, 0.2) is 5.11 Å². The van der Waals surface area contributed by atoms with E-state index in [1.165, 1.54) is 11.0 Å². The first-order valence-corrected chi connectivity index (χ1v) is 9.30. The van der Waals surface area contributed by atoms with Crippen LogP contribution >= 0.6 is 12.2 Å². The van der Waals surface area contributed by atoms with Gasteiger partial charge in [-0.3, -0.25) is 19.8 Å². The van der Waals surface area contributed by atoms with Gasteiger partial charge in [0, 0.05) is 17.6 Å². The van der Waals surface area contributed by atoms with E-state index in [4.69, 9.17) is 12.2 Å². The summed E-state index contributed by atoms with van der Waals surface area (Å²) in [6.07, 6.45) is 3.35. The van der Waals surface area contributed by atoms with E-state index in [0.29, 0.717) is 11.4 Å². The van der Waals surface area contributed by atoms with Gasteiger partial charge in [-0.25, -0.2) is 0 Å². The van der Waals surface area contributed by atoms with Crippen LogP contribution in [0.25, 0.3) is 11.8 Å². The number of carbonyl (C=O) groups is 2. The minimum Gasteiger partial charge on any atom is -0.508 e. The number of phenolic OH excluding ortho intramolecular Hbond substituents is 1. The van der Waals surface area contributed by atoms with Crippen molar-refractivity contribution in [1.29, 1.82) is 0 Å².